The second-order valence-electron chi connectivity index (χ2n) is 4.77. The Hall–Kier alpha value is -1.77. The minimum Gasteiger partial charge on any atom is -0.396 e. The Bertz CT molecular complexity index is 810. The van der Waals surface area contributed by atoms with Gasteiger partial charge in [-0.15, -0.1) is 16.4 Å². The van der Waals surface area contributed by atoms with Gasteiger partial charge in [0, 0.05) is 23.2 Å². The molecule has 0 radical (unpaired) electrons. The van der Waals surface area contributed by atoms with Gasteiger partial charge in [0.15, 0.2) is 0 Å². The number of nitrogens with zero attached hydrogens (tertiary/aromatic N) is 3. The molecule has 8 heteroatoms. The van der Waals surface area contributed by atoms with E-state index < -0.39 is 0 Å². The van der Waals surface area contributed by atoms with Crippen molar-refractivity contribution in [1.82, 2.24) is 14.6 Å². The Morgan fingerprint density at radius 1 is 1.50 bits per heavy atom. The van der Waals surface area contributed by atoms with Crippen molar-refractivity contribution < 1.29 is 5.11 Å². The van der Waals surface area contributed by atoms with Gasteiger partial charge in [0.05, 0.1) is 6.04 Å². The number of hydrogen-bond donors (Lipinski definition) is 2. The number of hydrogen-bond acceptors (Lipinski definition) is 7. The van der Waals surface area contributed by atoms with E-state index >= 15 is 0 Å². The van der Waals surface area contributed by atoms with Crippen molar-refractivity contribution in [3.8, 4) is 0 Å². The second-order valence-corrected chi connectivity index (χ2v) is 6.70. The molecule has 0 saturated carbocycles. The third-order valence-corrected chi connectivity index (χ3v) is 5.09. The van der Waals surface area contributed by atoms with E-state index in [1.165, 1.54) is 21.9 Å². The maximum Gasteiger partial charge on any atom is 0.275 e. The number of aliphatic hydroxyl groups is 1. The monoisotopic (exact) mass is 336 g/mol. The zero-order chi connectivity index (χ0) is 15.5. The zero-order valence-corrected chi connectivity index (χ0v) is 13.7. The quantitative estimate of drug-likeness (QED) is 0.722. The molecule has 3 aromatic heterocycles. The molecular weight excluding hydrogens is 320 g/mol. The van der Waals surface area contributed by atoms with Crippen LogP contribution in [-0.4, -0.2) is 26.3 Å². The van der Waals surface area contributed by atoms with Gasteiger partial charge in [0.1, 0.15) is 0 Å². The Morgan fingerprint density at radius 3 is 3.05 bits per heavy atom. The van der Waals surface area contributed by atoms with Crippen LogP contribution in [0.25, 0.3) is 4.96 Å². The van der Waals surface area contributed by atoms with Gasteiger partial charge < -0.3 is 10.4 Å². The molecule has 22 heavy (non-hydrogen) atoms. The predicted molar refractivity (Wildman–Crippen MR) is 88.9 cm³/mol. The zero-order valence-electron chi connectivity index (χ0n) is 12.0. The molecule has 0 aliphatic heterocycles. The summed E-state index contributed by atoms with van der Waals surface area (Å²) in [4.78, 5) is 18.1. The molecule has 3 aromatic rings. The van der Waals surface area contributed by atoms with Crippen molar-refractivity contribution in [2.75, 3.05) is 11.9 Å². The normalized spacial score (nSPS) is 12.6. The summed E-state index contributed by atoms with van der Waals surface area (Å²) in [7, 11) is 0. The molecule has 1 unspecified atom stereocenters. The summed E-state index contributed by atoms with van der Waals surface area (Å²) in [5, 5.41) is 19.5. The maximum absolute atomic E-state index is 12.0. The standard InChI is InChI=1S/C14H16N4O2S2/c1-2-9-8-12(20)18-14(15-9)22-13(17-18)16-10(5-6-19)11-4-3-7-21-11/h3-4,7-8,10,19H,2,5-6H2,1H3,(H,16,17). The smallest absolute Gasteiger partial charge is 0.275 e. The topological polar surface area (TPSA) is 79.5 Å². The number of aromatic nitrogens is 3. The number of aliphatic hydroxyl groups excluding tert-OH is 1. The van der Waals surface area contributed by atoms with E-state index in [2.05, 4.69) is 15.4 Å². The minimum atomic E-state index is -0.166. The average molecular weight is 336 g/mol. The summed E-state index contributed by atoms with van der Waals surface area (Å²) in [6, 6.07) is 5.49. The summed E-state index contributed by atoms with van der Waals surface area (Å²) in [5.74, 6) is 0. The SMILES string of the molecule is CCc1cc(=O)n2nc(NC(CCO)c3cccs3)sc2n1. The van der Waals surface area contributed by atoms with E-state index in [-0.39, 0.29) is 18.2 Å². The van der Waals surface area contributed by atoms with Crippen LogP contribution in [0.5, 0.6) is 0 Å². The molecule has 116 valence electrons. The van der Waals surface area contributed by atoms with Gasteiger partial charge in [-0.05, 0) is 24.3 Å². The van der Waals surface area contributed by atoms with Crippen LogP contribution in [0.3, 0.4) is 0 Å². The Balaban J connectivity index is 1.92. The first-order valence-corrected chi connectivity index (χ1v) is 8.71. The Labute approximate surface area is 135 Å². The van der Waals surface area contributed by atoms with Crippen LogP contribution in [0.2, 0.25) is 0 Å². The van der Waals surface area contributed by atoms with Crippen LogP contribution < -0.4 is 10.9 Å². The van der Waals surface area contributed by atoms with Crippen molar-refractivity contribution in [2.45, 2.75) is 25.8 Å². The van der Waals surface area contributed by atoms with E-state index in [1.807, 2.05) is 24.4 Å². The highest BCUT2D eigenvalue weighted by molar-refractivity contribution is 7.20. The maximum atomic E-state index is 12.0. The molecule has 3 heterocycles. The molecule has 0 aliphatic rings. The summed E-state index contributed by atoms with van der Waals surface area (Å²) in [5.41, 5.74) is 0.603. The fourth-order valence-electron chi connectivity index (χ4n) is 2.15. The van der Waals surface area contributed by atoms with Crippen LogP contribution in [0.4, 0.5) is 5.13 Å². The Morgan fingerprint density at radius 2 is 2.36 bits per heavy atom. The molecule has 0 aromatic carbocycles. The Kier molecular flexibility index (Phi) is 4.51. The lowest BCUT2D eigenvalue weighted by Gasteiger charge is -2.14. The molecule has 0 aliphatic carbocycles. The van der Waals surface area contributed by atoms with E-state index in [1.54, 1.807) is 11.3 Å². The van der Waals surface area contributed by atoms with Crippen molar-refractivity contribution in [3.05, 3.63) is 44.5 Å². The second kappa shape index (κ2) is 6.55. The van der Waals surface area contributed by atoms with Gasteiger partial charge in [-0.25, -0.2) is 4.98 Å². The number of fused-ring (bicyclic) bond motifs is 1. The molecule has 0 fully saturated rings. The van der Waals surface area contributed by atoms with Crippen LogP contribution >= 0.6 is 22.7 Å². The molecule has 0 saturated heterocycles. The number of anilines is 1. The van der Waals surface area contributed by atoms with E-state index in [0.717, 1.165) is 10.6 Å². The number of rotatable bonds is 6. The largest absolute Gasteiger partial charge is 0.396 e. The summed E-state index contributed by atoms with van der Waals surface area (Å²) in [6.07, 6.45) is 1.30. The lowest BCUT2D eigenvalue weighted by molar-refractivity contribution is 0.280. The van der Waals surface area contributed by atoms with Crippen molar-refractivity contribution in [2.24, 2.45) is 0 Å². The van der Waals surface area contributed by atoms with E-state index in [9.17, 15) is 9.90 Å². The average Bonchev–Trinajstić information content (AvgIpc) is 3.15. The van der Waals surface area contributed by atoms with Gasteiger partial charge in [0.25, 0.3) is 5.56 Å². The molecule has 6 nitrogen and oxygen atoms in total. The highest BCUT2D eigenvalue weighted by Crippen LogP contribution is 2.28. The molecular formula is C14H16N4O2S2. The fraction of sp³-hybridized carbons (Fsp3) is 0.357. The number of aryl methyl sites for hydroxylation is 1. The lowest BCUT2D eigenvalue weighted by atomic mass is 10.2. The number of thiophene rings is 1. The summed E-state index contributed by atoms with van der Waals surface area (Å²) < 4.78 is 1.32. The van der Waals surface area contributed by atoms with Crippen molar-refractivity contribution >= 4 is 32.8 Å². The highest BCUT2D eigenvalue weighted by atomic mass is 32.1. The van der Waals surface area contributed by atoms with E-state index in [4.69, 9.17) is 0 Å². The molecule has 0 spiro atoms. The number of nitrogens with one attached hydrogen (secondary N) is 1. The van der Waals surface area contributed by atoms with Crippen LogP contribution in [0.1, 0.15) is 30.0 Å². The molecule has 2 N–H and O–H groups in total. The minimum absolute atomic E-state index is 0.0214. The van der Waals surface area contributed by atoms with Crippen molar-refractivity contribution in [1.29, 1.82) is 0 Å². The van der Waals surface area contributed by atoms with Crippen LogP contribution in [-0.2, 0) is 6.42 Å². The molecule has 0 bridgehead atoms. The van der Waals surface area contributed by atoms with Gasteiger partial charge in [-0.2, -0.15) is 4.52 Å². The van der Waals surface area contributed by atoms with Gasteiger partial charge in [-0.1, -0.05) is 24.3 Å². The predicted octanol–water partition coefficient (Wildman–Crippen LogP) is 2.31. The van der Waals surface area contributed by atoms with Crippen LogP contribution in [0, 0.1) is 0 Å². The third-order valence-electron chi connectivity index (χ3n) is 3.26. The lowest BCUT2D eigenvalue weighted by Crippen LogP contribution is -2.16. The van der Waals surface area contributed by atoms with E-state index in [0.29, 0.717) is 22.9 Å². The molecule has 0 amide bonds. The molecule has 1 atom stereocenters. The highest BCUT2D eigenvalue weighted by Gasteiger charge is 2.15. The summed E-state index contributed by atoms with van der Waals surface area (Å²) >= 11 is 2.97. The third kappa shape index (κ3) is 3.03. The van der Waals surface area contributed by atoms with Crippen LogP contribution in [0.15, 0.2) is 28.4 Å². The first-order chi connectivity index (χ1) is 10.7. The molecule has 3 rings (SSSR count). The fourth-order valence-corrected chi connectivity index (χ4v) is 3.84. The summed E-state index contributed by atoms with van der Waals surface area (Å²) in [6.45, 7) is 2.05. The van der Waals surface area contributed by atoms with Gasteiger partial charge in [-0.3, -0.25) is 4.79 Å². The van der Waals surface area contributed by atoms with Crippen molar-refractivity contribution in [3.63, 3.8) is 0 Å². The first-order valence-electron chi connectivity index (χ1n) is 7.02. The van der Waals surface area contributed by atoms with Gasteiger partial charge >= 0.3 is 0 Å². The van der Waals surface area contributed by atoms with Gasteiger partial charge in [0.2, 0.25) is 10.1 Å². The first kappa shape index (κ1) is 15.1.